The molecule has 128 valence electrons. The first-order valence-electron chi connectivity index (χ1n) is 8.82. The van der Waals surface area contributed by atoms with E-state index in [4.69, 9.17) is 0 Å². The van der Waals surface area contributed by atoms with Crippen LogP contribution in [-0.4, -0.2) is 48.9 Å². The molecular weight excluding hydrogens is 304 g/mol. The lowest BCUT2D eigenvalue weighted by atomic mass is 9.76. The van der Waals surface area contributed by atoms with Crippen LogP contribution in [0.15, 0.2) is 12.4 Å². The van der Waals surface area contributed by atoms with Crippen LogP contribution in [0.2, 0.25) is 0 Å². The summed E-state index contributed by atoms with van der Waals surface area (Å²) in [5, 5.41) is 15.5. The van der Waals surface area contributed by atoms with Crippen LogP contribution < -0.4 is 0 Å². The molecule has 0 aromatic carbocycles. The minimum atomic E-state index is 0.0238. The fourth-order valence-electron chi connectivity index (χ4n) is 4.53. The third-order valence-electron chi connectivity index (χ3n) is 5.76. The number of aromatic amines is 1. The van der Waals surface area contributed by atoms with E-state index in [9.17, 15) is 4.79 Å². The van der Waals surface area contributed by atoms with Gasteiger partial charge in [-0.15, -0.1) is 10.2 Å². The Labute approximate surface area is 141 Å². The average Bonchev–Trinajstić information content (AvgIpc) is 3.34. The van der Waals surface area contributed by atoms with Crippen LogP contribution in [0.5, 0.6) is 0 Å². The van der Waals surface area contributed by atoms with Crippen molar-refractivity contribution in [3.05, 3.63) is 29.6 Å². The summed E-state index contributed by atoms with van der Waals surface area (Å²) in [6.45, 7) is 6.40. The number of likely N-dealkylation sites (tertiary alicyclic amines) is 1. The first-order valence-corrected chi connectivity index (χ1v) is 8.82. The molecule has 1 N–H and O–H groups in total. The molecule has 4 rings (SSSR count). The van der Waals surface area contributed by atoms with Crippen LogP contribution in [-0.2, 0) is 6.54 Å². The van der Waals surface area contributed by atoms with Crippen molar-refractivity contribution in [3.8, 4) is 0 Å². The summed E-state index contributed by atoms with van der Waals surface area (Å²) in [5.74, 6) is 1.33. The van der Waals surface area contributed by atoms with Crippen molar-refractivity contribution in [2.45, 2.75) is 52.0 Å². The molecule has 1 aliphatic heterocycles. The van der Waals surface area contributed by atoms with E-state index in [1.165, 1.54) is 12.8 Å². The SMILES string of the molecule is CCn1cnnc1C1CN(C(=O)c2cc(C)[nH]n2)CC12CCCC2. The number of amides is 1. The topological polar surface area (TPSA) is 79.7 Å². The highest BCUT2D eigenvalue weighted by atomic mass is 16.2. The Morgan fingerprint density at radius 1 is 1.42 bits per heavy atom. The summed E-state index contributed by atoms with van der Waals surface area (Å²) >= 11 is 0. The molecular formula is C17H24N6O. The fourth-order valence-corrected chi connectivity index (χ4v) is 4.53. The van der Waals surface area contributed by atoms with Crippen molar-refractivity contribution in [1.29, 1.82) is 0 Å². The van der Waals surface area contributed by atoms with Crippen molar-refractivity contribution in [2.75, 3.05) is 13.1 Å². The van der Waals surface area contributed by atoms with Gasteiger partial charge in [-0.3, -0.25) is 9.89 Å². The first kappa shape index (κ1) is 15.4. The van der Waals surface area contributed by atoms with Crippen LogP contribution in [0.3, 0.4) is 0 Å². The zero-order valence-electron chi connectivity index (χ0n) is 14.3. The molecule has 1 saturated heterocycles. The molecule has 2 aliphatic rings. The molecule has 7 heteroatoms. The van der Waals surface area contributed by atoms with Crippen LogP contribution in [0, 0.1) is 12.3 Å². The minimum absolute atomic E-state index is 0.0238. The van der Waals surface area contributed by atoms with Gasteiger partial charge >= 0.3 is 0 Å². The molecule has 24 heavy (non-hydrogen) atoms. The quantitative estimate of drug-likeness (QED) is 0.936. The summed E-state index contributed by atoms with van der Waals surface area (Å²) in [6.07, 6.45) is 6.61. The summed E-state index contributed by atoms with van der Waals surface area (Å²) in [7, 11) is 0. The lowest BCUT2D eigenvalue weighted by molar-refractivity contribution is 0.0767. The number of hydrogen-bond acceptors (Lipinski definition) is 4. The van der Waals surface area contributed by atoms with Crippen LogP contribution in [0.1, 0.15) is 60.5 Å². The van der Waals surface area contributed by atoms with E-state index in [1.54, 1.807) is 6.33 Å². The normalized spacial score (nSPS) is 22.6. The van der Waals surface area contributed by atoms with E-state index in [2.05, 4.69) is 31.9 Å². The monoisotopic (exact) mass is 328 g/mol. The van der Waals surface area contributed by atoms with E-state index in [1.807, 2.05) is 17.9 Å². The van der Waals surface area contributed by atoms with Crippen molar-refractivity contribution >= 4 is 5.91 Å². The largest absolute Gasteiger partial charge is 0.336 e. The lowest BCUT2D eigenvalue weighted by Gasteiger charge is -2.29. The molecule has 2 aromatic rings. The molecule has 1 unspecified atom stereocenters. The predicted octanol–water partition coefficient (Wildman–Crippen LogP) is 2.13. The number of nitrogens with zero attached hydrogens (tertiary/aromatic N) is 5. The number of aromatic nitrogens is 5. The molecule has 1 saturated carbocycles. The van der Waals surface area contributed by atoms with Gasteiger partial charge in [0.1, 0.15) is 17.8 Å². The third kappa shape index (κ3) is 2.34. The Morgan fingerprint density at radius 2 is 2.21 bits per heavy atom. The minimum Gasteiger partial charge on any atom is -0.336 e. The number of H-pyrrole nitrogens is 1. The van der Waals surface area contributed by atoms with E-state index in [-0.39, 0.29) is 17.2 Å². The zero-order chi connectivity index (χ0) is 16.7. The van der Waals surface area contributed by atoms with E-state index in [0.29, 0.717) is 12.2 Å². The number of aryl methyl sites for hydroxylation is 2. The second kappa shape index (κ2) is 5.72. The van der Waals surface area contributed by atoms with Gasteiger partial charge in [-0.1, -0.05) is 12.8 Å². The van der Waals surface area contributed by atoms with Gasteiger partial charge in [-0.25, -0.2) is 0 Å². The van der Waals surface area contributed by atoms with Gasteiger partial charge in [-0.05, 0) is 38.2 Å². The molecule has 1 aliphatic carbocycles. The van der Waals surface area contributed by atoms with Crippen molar-refractivity contribution in [3.63, 3.8) is 0 Å². The van der Waals surface area contributed by atoms with Crippen LogP contribution in [0.4, 0.5) is 0 Å². The molecule has 1 spiro atoms. The van der Waals surface area contributed by atoms with Gasteiger partial charge in [-0.2, -0.15) is 5.10 Å². The number of nitrogens with one attached hydrogen (secondary N) is 1. The Morgan fingerprint density at radius 3 is 2.88 bits per heavy atom. The molecule has 0 bridgehead atoms. The van der Waals surface area contributed by atoms with E-state index >= 15 is 0 Å². The van der Waals surface area contributed by atoms with Crippen molar-refractivity contribution in [2.24, 2.45) is 5.41 Å². The van der Waals surface area contributed by atoms with Gasteiger partial charge in [0, 0.05) is 31.2 Å². The Balaban J connectivity index is 1.65. The fraction of sp³-hybridized carbons (Fsp3) is 0.647. The average molecular weight is 328 g/mol. The number of hydrogen-bond donors (Lipinski definition) is 1. The highest BCUT2D eigenvalue weighted by molar-refractivity contribution is 5.92. The maximum atomic E-state index is 12.9. The highest BCUT2D eigenvalue weighted by Crippen LogP contribution is 2.53. The maximum absolute atomic E-state index is 12.9. The Bertz CT molecular complexity index is 742. The Kier molecular flexibility index (Phi) is 3.66. The highest BCUT2D eigenvalue weighted by Gasteiger charge is 2.51. The molecule has 2 fully saturated rings. The second-order valence-corrected chi connectivity index (χ2v) is 7.22. The van der Waals surface area contributed by atoms with E-state index < -0.39 is 0 Å². The Hall–Kier alpha value is -2.18. The summed E-state index contributed by atoms with van der Waals surface area (Å²) in [5.41, 5.74) is 1.58. The first-order chi connectivity index (χ1) is 11.6. The van der Waals surface area contributed by atoms with Crippen molar-refractivity contribution in [1.82, 2.24) is 29.9 Å². The van der Waals surface area contributed by atoms with Gasteiger partial charge in [0.25, 0.3) is 5.91 Å². The second-order valence-electron chi connectivity index (χ2n) is 7.22. The maximum Gasteiger partial charge on any atom is 0.274 e. The summed E-state index contributed by atoms with van der Waals surface area (Å²) in [4.78, 5) is 14.8. The molecule has 7 nitrogen and oxygen atoms in total. The molecule has 0 radical (unpaired) electrons. The van der Waals surface area contributed by atoms with Gasteiger partial charge in [0.05, 0.1) is 0 Å². The molecule has 1 amide bonds. The summed E-state index contributed by atoms with van der Waals surface area (Å²) < 4.78 is 2.12. The predicted molar refractivity (Wildman–Crippen MR) is 88.6 cm³/mol. The molecule has 1 atom stereocenters. The smallest absolute Gasteiger partial charge is 0.274 e. The van der Waals surface area contributed by atoms with Gasteiger partial charge < -0.3 is 9.47 Å². The molecule has 2 aromatic heterocycles. The van der Waals surface area contributed by atoms with Crippen molar-refractivity contribution < 1.29 is 4.79 Å². The van der Waals surface area contributed by atoms with E-state index in [0.717, 1.165) is 37.4 Å². The molecule has 3 heterocycles. The number of carbonyl (C=O) groups excluding carboxylic acids is 1. The third-order valence-corrected chi connectivity index (χ3v) is 5.76. The number of carbonyl (C=O) groups is 1. The summed E-state index contributed by atoms with van der Waals surface area (Å²) in [6, 6.07) is 1.82. The standard InChI is InChI=1S/C17H24N6O/c1-3-22-11-18-21-15(22)13-9-23(10-17(13)6-4-5-7-17)16(24)14-8-12(2)19-20-14/h8,11,13H,3-7,9-10H2,1-2H3,(H,19,20). The lowest BCUT2D eigenvalue weighted by Crippen LogP contribution is -2.31. The van der Waals surface area contributed by atoms with Gasteiger partial charge in [0.15, 0.2) is 0 Å². The van der Waals surface area contributed by atoms with Gasteiger partial charge in [0.2, 0.25) is 0 Å². The van der Waals surface area contributed by atoms with Crippen LogP contribution >= 0.6 is 0 Å². The van der Waals surface area contributed by atoms with Crippen LogP contribution in [0.25, 0.3) is 0 Å². The zero-order valence-corrected chi connectivity index (χ0v) is 14.3. The number of rotatable bonds is 3.